The van der Waals surface area contributed by atoms with Gasteiger partial charge in [0, 0.05) is 10.4 Å². The first-order chi connectivity index (χ1) is 13.7. The molecule has 2 aromatic carbocycles. The molecule has 1 aromatic heterocycles. The van der Waals surface area contributed by atoms with Crippen LogP contribution in [0.3, 0.4) is 0 Å². The molecular weight excluding hydrogens is 480 g/mol. The lowest BCUT2D eigenvalue weighted by Crippen LogP contribution is -2.15. The molecule has 1 heterocycles. The third-order valence-electron chi connectivity index (χ3n) is 3.90. The number of aromatic carboxylic acids is 1. The molecule has 0 aliphatic carbocycles. The molecule has 0 atom stereocenters. The van der Waals surface area contributed by atoms with Crippen LogP contribution < -0.4 is 10.1 Å². The van der Waals surface area contributed by atoms with Gasteiger partial charge in [0.05, 0.1) is 38.3 Å². The molecular formula is C19H11Cl4NO4S. The van der Waals surface area contributed by atoms with Crippen molar-refractivity contribution in [2.75, 3.05) is 12.4 Å². The maximum Gasteiger partial charge on any atom is 0.339 e. The molecule has 0 spiro atoms. The summed E-state index contributed by atoms with van der Waals surface area (Å²) in [6, 6.07) is 8.09. The molecule has 3 aromatic rings. The highest BCUT2D eigenvalue weighted by Gasteiger charge is 2.25. The molecule has 0 unspecified atom stereocenters. The third-order valence-corrected chi connectivity index (χ3v) is 6.10. The lowest BCUT2D eigenvalue weighted by atomic mass is 10.1. The van der Waals surface area contributed by atoms with Crippen molar-refractivity contribution in [3.05, 3.63) is 66.9 Å². The number of nitrogens with one attached hydrogen (secondary N) is 1. The Morgan fingerprint density at radius 1 is 1.07 bits per heavy atom. The highest BCUT2D eigenvalue weighted by atomic mass is 35.5. The van der Waals surface area contributed by atoms with Gasteiger partial charge in [0.2, 0.25) is 0 Å². The lowest BCUT2D eigenvalue weighted by Gasteiger charge is -2.13. The monoisotopic (exact) mass is 489 g/mol. The van der Waals surface area contributed by atoms with Crippen LogP contribution in [0.2, 0.25) is 20.1 Å². The van der Waals surface area contributed by atoms with Gasteiger partial charge >= 0.3 is 5.97 Å². The summed E-state index contributed by atoms with van der Waals surface area (Å²) in [5.74, 6) is -1.82. The Kier molecular flexibility index (Phi) is 6.61. The highest BCUT2D eigenvalue weighted by molar-refractivity contribution is 7.14. The Morgan fingerprint density at radius 3 is 2.41 bits per heavy atom. The van der Waals surface area contributed by atoms with E-state index in [1.54, 1.807) is 24.3 Å². The molecule has 0 bridgehead atoms. The molecule has 0 aliphatic rings. The summed E-state index contributed by atoms with van der Waals surface area (Å²) in [7, 11) is 1.35. The smallest absolute Gasteiger partial charge is 0.339 e. The van der Waals surface area contributed by atoms with Gasteiger partial charge in [-0.25, -0.2) is 4.79 Å². The highest BCUT2D eigenvalue weighted by Crippen LogP contribution is 2.41. The van der Waals surface area contributed by atoms with E-state index in [0.717, 1.165) is 11.3 Å². The number of carbonyl (C=O) groups is 2. The van der Waals surface area contributed by atoms with Crippen LogP contribution in [0.1, 0.15) is 20.7 Å². The average molecular weight is 491 g/mol. The molecule has 2 N–H and O–H groups in total. The number of benzene rings is 2. The maximum atomic E-state index is 12.8. The van der Waals surface area contributed by atoms with Crippen molar-refractivity contribution < 1.29 is 19.4 Å². The Bertz CT molecular complexity index is 1130. The van der Waals surface area contributed by atoms with Gasteiger partial charge in [0.15, 0.2) is 5.75 Å². The number of amides is 1. The predicted molar refractivity (Wildman–Crippen MR) is 118 cm³/mol. The minimum Gasteiger partial charge on any atom is -0.494 e. The van der Waals surface area contributed by atoms with Crippen molar-refractivity contribution in [1.82, 2.24) is 0 Å². The van der Waals surface area contributed by atoms with Gasteiger partial charge < -0.3 is 15.2 Å². The molecule has 3 rings (SSSR count). The summed E-state index contributed by atoms with van der Waals surface area (Å²) in [5, 5.41) is 14.3. The molecule has 5 nitrogen and oxygen atoms in total. The van der Waals surface area contributed by atoms with E-state index >= 15 is 0 Å². The zero-order valence-electron chi connectivity index (χ0n) is 14.6. The zero-order chi connectivity index (χ0) is 21.3. The summed E-state index contributed by atoms with van der Waals surface area (Å²) in [6.45, 7) is 0. The molecule has 29 heavy (non-hydrogen) atoms. The largest absolute Gasteiger partial charge is 0.494 e. The fourth-order valence-electron chi connectivity index (χ4n) is 2.66. The van der Waals surface area contributed by atoms with Crippen molar-refractivity contribution in [3.8, 4) is 16.2 Å². The SMILES string of the molecule is COc1c(Cl)cc(Cl)c(C(=O)Nc2csc(-c3cccc(Cl)c3)c2C(=O)O)c1Cl. The summed E-state index contributed by atoms with van der Waals surface area (Å²) in [4.78, 5) is 25.2. The number of hydrogen-bond donors (Lipinski definition) is 2. The summed E-state index contributed by atoms with van der Waals surface area (Å²) >= 11 is 25.5. The number of thiophene rings is 1. The first-order valence-electron chi connectivity index (χ1n) is 7.88. The van der Waals surface area contributed by atoms with Crippen LogP contribution in [0.25, 0.3) is 10.4 Å². The van der Waals surface area contributed by atoms with Gasteiger partial charge in [-0.1, -0.05) is 58.5 Å². The van der Waals surface area contributed by atoms with Gasteiger partial charge in [0.1, 0.15) is 5.56 Å². The van der Waals surface area contributed by atoms with Crippen LogP contribution in [0.4, 0.5) is 5.69 Å². The predicted octanol–water partition coefficient (Wildman–Crippen LogP) is 6.99. The normalized spacial score (nSPS) is 10.7. The molecule has 0 saturated carbocycles. The summed E-state index contributed by atoms with van der Waals surface area (Å²) < 4.78 is 5.10. The maximum absolute atomic E-state index is 12.8. The standard InChI is InChI=1S/C19H11Cl4NO4S/c1-28-16-11(22)6-10(21)13(15(16)23)18(25)24-12-7-29-17(14(12)19(26)27)8-3-2-4-9(20)5-8/h2-7H,1H3,(H,24,25)(H,26,27). The number of hydrogen-bond acceptors (Lipinski definition) is 4. The number of ether oxygens (including phenoxy) is 1. The van der Waals surface area contributed by atoms with Crippen molar-refractivity contribution in [3.63, 3.8) is 0 Å². The van der Waals surface area contributed by atoms with Crippen molar-refractivity contribution in [2.24, 2.45) is 0 Å². The Balaban J connectivity index is 2.04. The number of rotatable bonds is 5. The number of carboxylic acids is 1. The fraction of sp³-hybridized carbons (Fsp3) is 0.0526. The van der Waals surface area contributed by atoms with Crippen LogP contribution in [0.5, 0.6) is 5.75 Å². The number of methoxy groups -OCH3 is 1. The van der Waals surface area contributed by atoms with E-state index in [0.29, 0.717) is 15.5 Å². The van der Waals surface area contributed by atoms with Gasteiger partial charge in [-0.15, -0.1) is 11.3 Å². The van der Waals surface area contributed by atoms with E-state index in [9.17, 15) is 14.7 Å². The second-order valence-corrected chi connectivity index (χ2v) is 8.19. The van der Waals surface area contributed by atoms with Crippen molar-refractivity contribution in [2.45, 2.75) is 0 Å². The van der Waals surface area contributed by atoms with Crippen LogP contribution in [-0.4, -0.2) is 24.1 Å². The van der Waals surface area contributed by atoms with E-state index in [-0.39, 0.29) is 37.6 Å². The Labute approximate surface area is 189 Å². The third kappa shape index (κ3) is 4.32. The molecule has 0 radical (unpaired) electrons. The lowest BCUT2D eigenvalue weighted by molar-refractivity contribution is 0.0699. The van der Waals surface area contributed by atoms with Crippen molar-refractivity contribution >= 4 is 75.3 Å². The van der Waals surface area contributed by atoms with E-state index in [1.165, 1.54) is 18.6 Å². The quantitative estimate of drug-likeness (QED) is 0.404. The molecule has 0 fully saturated rings. The van der Waals surface area contributed by atoms with E-state index in [4.69, 9.17) is 51.1 Å². The first kappa shape index (κ1) is 21.7. The average Bonchev–Trinajstić information content (AvgIpc) is 3.05. The van der Waals surface area contributed by atoms with Gasteiger partial charge in [-0.05, 0) is 23.8 Å². The van der Waals surface area contributed by atoms with Crippen LogP contribution in [0, 0.1) is 0 Å². The summed E-state index contributed by atoms with van der Waals surface area (Å²) in [6.07, 6.45) is 0. The van der Waals surface area contributed by atoms with Gasteiger partial charge in [0.25, 0.3) is 5.91 Å². The first-order valence-corrected chi connectivity index (χ1v) is 10.3. The van der Waals surface area contributed by atoms with Gasteiger partial charge in [-0.3, -0.25) is 4.79 Å². The Hall–Kier alpha value is -1.96. The Morgan fingerprint density at radius 2 is 1.79 bits per heavy atom. The van der Waals surface area contributed by atoms with Crippen LogP contribution >= 0.6 is 57.7 Å². The number of carbonyl (C=O) groups excluding carboxylic acids is 1. The molecule has 1 amide bonds. The van der Waals surface area contributed by atoms with Crippen molar-refractivity contribution in [1.29, 1.82) is 0 Å². The summed E-state index contributed by atoms with van der Waals surface area (Å²) in [5.41, 5.74) is 0.563. The van der Waals surface area contributed by atoms with Crippen LogP contribution in [0.15, 0.2) is 35.7 Å². The molecule has 0 aliphatic heterocycles. The van der Waals surface area contributed by atoms with E-state index in [2.05, 4.69) is 5.32 Å². The topological polar surface area (TPSA) is 75.6 Å². The second kappa shape index (κ2) is 8.81. The van der Waals surface area contributed by atoms with E-state index < -0.39 is 11.9 Å². The fourth-order valence-corrected chi connectivity index (χ4v) is 4.93. The van der Waals surface area contributed by atoms with Gasteiger partial charge in [-0.2, -0.15) is 0 Å². The molecule has 150 valence electrons. The van der Waals surface area contributed by atoms with Crippen LogP contribution in [-0.2, 0) is 0 Å². The number of anilines is 1. The molecule has 0 saturated heterocycles. The minimum absolute atomic E-state index is 0.000434. The number of carboxylic acid groups (broad SMARTS) is 1. The zero-order valence-corrected chi connectivity index (χ0v) is 18.4. The number of halogens is 4. The van der Waals surface area contributed by atoms with E-state index in [1.807, 2.05) is 0 Å². The molecule has 10 heteroatoms. The minimum atomic E-state index is -1.21. The second-order valence-electron chi connectivity index (χ2n) is 5.69.